The Kier molecular flexibility index (Phi) is 5.29. The van der Waals surface area contributed by atoms with Crippen molar-refractivity contribution in [3.05, 3.63) is 95.6 Å². The number of rotatable bonds is 5. The minimum absolute atomic E-state index is 0.0196. The normalized spacial score (nSPS) is 14.0. The Morgan fingerprint density at radius 3 is 2.62 bits per heavy atom. The second kappa shape index (κ2) is 8.19. The van der Waals surface area contributed by atoms with E-state index >= 15 is 0 Å². The van der Waals surface area contributed by atoms with Crippen LogP contribution in [0.15, 0.2) is 78.9 Å². The monoisotopic (exact) mass is 386 g/mol. The second-order valence-electron chi connectivity index (χ2n) is 7.04. The van der Waals surface area contributed by atoms with Crippen molar-refractivity contribution >= 4 is 17.5 Å². The summed E-state index contributed by atoms with van der Waals surface area (Å²) in [6, 6.07) is 24.6. The van der Waals surface area contributed by atoms with Crippen molar-refractivity contribution in [3.63, 3.8) is 0 Å². The third-order valence-corrected chi connectivity index (χ3v) is 4.99. The SMILES string of the molecule is CC(NC(=O)c1cccc(CN2C(=O)COc3ccccc32)c1)c1ccccc1. The molecule has 0 aromatic heterocycles. The largest absolute Gasteiger partial charge is 0.482 e. The summed E-state index contributed by atoms with van der Waals surface area (Å²) in [4.78, 5) is 26.8. The molecule has 146 valence electrons. The highest BCUT2D eigenvalue weighted by Crippen LogP contribution is 2.32. The van der Waals surface area contributed by atoms with Gasteiger partial charge in [-0.3, -0.25) is 9.59 Å². The molecule has 0 bridgehead atoms. The summed E-state index contributed by atoms with van der Waals surface area (Å²) in [5.41, 5.74) is 3.25. The van der Waals surface area contributed by atoms with Gasteiger partial charge in [0.25, 0.3) is 11.8 Å². The highest BCUT2D eigenvalue weighted by atomic mass is 16.5. The van der Waals surface area contributed by atoms with Crippen molar-refractivity contribution in [2.24, 2.45) is 0 Å². The van der Waals surface area contributed by atoms with Gasteiger partial charge in [0.05, 0.1) is 18.3 Å². The molecule has 4 rings (SSSR count). The number of nitrogens with zero attached hydrogens (tertiary/aromatic N) is 1. The van der Waals surface area contributed by atoms with Crippen LogP contribution in [0.5, 0.6) is 5.75 Å². The van der Waals surface area contributed by atoms with Crippen molar-refractivity contribution in [3.8, 4) is 5.75 Å². The van der Waals surface area contributed by atoms with Crippen LogP contribution in [-0.4, -0.2) is 18.4 Å². The van der Waals surface area contributed by atoms with Gasteiger partial charge in [0.2, 0.25) is 0 Å². The molecule has 0 aliphatic carbocycles. The zero-order chi connectivity index (χ0) is 20.2. The molecule has 0 saturated carbocycles. The van der Waals surface area contributed by atoms with Crippen molar-refractivity contribution in [2.45, 2.75) is 19.5 Å². The number of nitrogens with one attached hydrogen (secondary N) is 1. The van der Waals surface area contributed by atoms with Crippen LogP contribution in [0.3, 0.4) is 0 Å². The molecule has 1 N–H and O–H groups in total. The second-order valence-corrected chi connectivity index (χ2v) is 7.04. The minimum Gasteiger partial charge on any atom is -0.482 e. The smallest absolute Gasteiger partial charge is 0.265 e. The maximum atomic E-state index is 12.7. The molecule has 5 heteroatoms. The van der Waals surface area contributed by atoms with Crippen LogP contribution in [0.1, 0.15) is 34.5 Å². The first-order chi connectivity index (χ1) is 14.1. The fraction of sp³-hybridized carbons (Fsp3) is 0.167. The predicted octanol–water partition coefficient (Wildman–Crippen LogP) is 4.10. The topological polar surface area (TPSA) is 58.6 Å². The highest BCUT2D eigenvalue weighted by molar-refractivity contribution is 5.98. The molecule has 1 aliphatic heterocycles. The van der Waals surface area contributed by atoms with Gasteiger partial charge in [-0.25, -0.2) is 0 Å². The van der Waals surface area contributed by atoms with Gasteiger partial charge < -0.3 is 15.0 Å². The molecule has 0 saturated heterocycles. The van der Waals surface area contributed by atoms with E-state index in [2.05, 4.69) is 5.32 Å². The lowest BCUT2D eigenvalue weighted by Gasteiger charge is -2.29. The summed E-state index contributed by atoms with van der Waals surface area (Å²) < 4.78 is 5.50. The number of para-hydroxylation sites is 2. The van der Waals surface area contributed by atoms with Crippen LogP contribution in [0, 0.1) is 0 Å². The van der Waals surface area contributed by atoms with E-state index in [-0.39, 0.29) is 24.5 Å². The van der Waals surface area contributed by atoms with Gasteiger partial charge in [0, 0.05) is 5.56 Å². The van der Waals surface area contributed by atoms with Crippen LogP contribution < -0.4 is 15.0 Å². The lowest BCUT2D eigenvalue weighted by Crippen LogP contribution is -2.38. The summed E-state index contributed by atoms with van der Waals surface area (Å²) in [5.74, 6) is 0.450. The number of anilines is 1. The molecule has 1 atom stereocenters. The summed E-state index contributed by atoms with van der Waals surface area (Å²) >= 11 is 0. The van der Waals surface area contributed by atoms with E-state index in [0.29, 0.717) is 17.9 Å². The number of ether oxygens (including phenoxy) is 1. The number of amides is 2. The Hall–Kier alpha value is -3.60. The van der Waals surface area contributed by atoms with E-state index in [1.54, 1.807) is 11.0 Å². The number of hydrogen-bond donors (Lipinski definition) is 1. The molecule has 3 aromatic rings. The van der Waals surface area contributed by atoms with Crippen LogP contribution >= 0.6 is 0 Å². The molecule has 5 nitrogen and oxygen atoms in total. The van der Waals surface area contributed by atoms with E-state index in [0.717, 1.165) is 16.8 Å². The number of benzene rings is 3. The van der Waals surface area contributed by atoms with Crippen molar-refractivity contribution < 1.29 is 14.3 Å². The summed E-state index contributed by atoms with van der Waals surface area (Å²) in [5, 5.41) is 3.03. The molecule has 29 heavy (non-hydrogen) atoms. The van der Waals surface area contributed by atoms with Crippen LogP contribution in [0.4, 0.5) is 5.69 Å². The first kappa shape index (κ1) is 18.7. The van der Waals surface area contributed by atoms with Crippen molar-refractivity contribution in [1.29, 1.82) is 0 Å². The maximum absolute atomic E-state index is 12.7. The average Bonchev–Trinajstić information content (AvgIpc) is 2.76. The molecular weight excluding hydrogens is 364 g/mol. The first-order valence-corrected chi connectivity index (χ1v) is 9.59. The zero-order valence-electron chi connectivity index (χ0n) is 16.2. The minimum atomic E-state index is -0.142. The molecule has 0 radical (unpaired) electrons. The molecule has 0 fully saturated rings. The van der Waals surface area contributed by atoms with Gasteiger partial charge in [-0.05, 0) is 42.3 Å². The maximum Gasteiger partial charge on any atom is 0.265 e. The number of hydrogen-bond acceptors (Lipinski definition) is 3. The summed E-state index contributed by atoms with van der Waals surface area (Å²) in [7, 11) is 0. The lowest BCUT2D eigenvalue weighted by molar-refractivity contribution is -0.121. The van der Waals surface area contributed by atoms with E-state index < -0.39 is 0 Å². The van der Waals surface area contributed by atoms with E-state index in [9.17, 15) is 9.59 Å². The fourth-order valence-corrected chi connectivity index (χ4v) is 3.43. The van der Waals surface area contributed by atoms with E-state index in [1.807, 2.05) is 79.7 Å². The van der Waals surface area contributed by atoms with E-state index in [1.165, 1.54) is 0 Å². The molecule has 1 heterocycles. The van der Waals surface area contributed by atoms with Crippen LogP contribution in [-0.2, 0) is 11.3 Å². The third kappa shape index (κ3) is 4.14. The van der Waals surface area contributed by atoms with Crippen molar-refractivity contribution in [1.82, 2.24) is 5.32 Å². The molecule has 2 amide bonds. The molecule has 3 aromatic carbocycles. The molecule has 0 spiro atoms. The number of carbonyl (C=O) groups is 2. The average molecular weight is 386 g/mol. The molecule has 1 unspecified atom stereocenters. The van der Waals surface area contributed by atoms with Crippen LogP contribution in [0.2, 0.25) is 0 Å². The molecule has 1 aliphatic rings. The third-order valence-electron chi connectivity index (χ3n) is 4.99. The van der Waals surface area contributed by atoms with Gasteiger partial charge >= 0.3 is 0 Å². The first-order valence-electron chi connectivity index (χ1n) is 9.59. The van der Waals surface area contributed by atoms with Crippen molar-refractivity contribution in [2.75, 3.05) is 11.5 Å². The Bertz CT molecular complexity index is 1030. The molecular formula is C24H22N2O3. The summed E-state index contributed by atoms with van der Waals surface area (Å²) in [6.07, 6.45) is 0. The Morgan fingerprint density at radius 1 is 1.03 bits per heavy atom. The van der Waals surface area contributed by atoms with Gasteiger partial charge in [-0.15, -0.1) is 0 Å². The predicted molar refractivity (Wildman–Crippen MR) is 112 cm³/mol. The lowest BCUT2D eigenvalue weighted by atomic mass is 10.1. The standard InChI is InChI=1S/C24H22N2O3/c1-17(19-9-3-2-4-10-19)25-24(28)20-11-7-8-18(14-20)15-26-21-12-5-6-13-22(21)29-16-23(26)27/h2-14,17H,15-16H2,1H3,(H,25,28). The van der Waals surface area contributed by atoms with Gasteiger partial charge in [-0.2, -0.15) is 0 Å². The number of carbonyl (C=O) groups excluding carboxylic acids is 2. The Balaban J connectivity index is 1.51. The van der Waals surface area contributed by atoms with Crippen LogP contribution in [0.25, 0.3) is 0 Å². The highest BCUT2D eigenvalue weighted by Gasteiger charge is 2.25. The van der Waals surface area contributed by atoms with Gasteiger partial charge in [0.15, 0.2) is 6.61 Å². The van der Waals surface area contributed by atoms with Gasteiger partial charge in [0.1, 0.15) is 5.75 Å². The Labute approximate surface area is 169 Å². The zero-order valence-corrected chi connectivity index (χ0v) is 16.2. The Morgan fingerprint density at radius 2 is 1.79 bits per heavy atom. The van der Waals surface area contributed by atoms with Gasteiger partial charge in [-0.1, -0.05) is 54.6 Å². The van der Waals surface area contributed by atoms with E-state index in [4.69, 9.17) is 4.74 Å². The number of fused-ring (bicyclic) bond motifs is 1. The summed E-state index contributed by atoms with van der Waals surface area (Å²) in [6.45, 7) is 2.36. The quantitative estimate of drug-likeness (QED) is 0.718. The fourth-order valence-electron chi connectivity index (χ4n) is 3.43.